The van der Waals surface area contributed by atoms with Gasteiger partial charge in [0, 0.05) is 38.1 Å². The maximum absolute atomic E-state index is 5.64. The smallest absolute Gasteiger partial charge is 0.231 e. The summed E-state index contributed by atoms with van der Waals surface area (Å²) in [5.41, 5.74) is 4.04. The topological polar surface area (TPSA) is 37.0 Å². The van der Waals surface area contributed by atoms with Crippen LogP contribution in [0.3, 0.4) is 0 Å². The average molecular weight is 462 g/mol. The average Bonchev–Trinajstić information content (AvgIpc) is 3.50. The molecule has 34 heavy (non-hydrogen) atoms. The Bertz CT molecular complexity index is 955. The van der Waals surface area contributed by atoms with E-state index in [4.69, 9.17) is 9.47 Å². The first kappa shape index (κ1) is 23.1. The van der Waals surface area contributed by atoms with Crippen LogP contribution >= 0.6 is 0 Å². The van der Waals surface area contributed by atoms with Crippen LogP contribution in [0.5, 0.6) is 11.5 Å². The second-order valence-electron chi connectivity index (χ2n) is 10.0. The molecule has 2 heterocycles. The first-order valence-corrected chi connectivity index (χ1v) is 13.2. The van der Waals surface area contributed by atoms with Crippen LogP contribution in [0, 0.1) is 5.92 Å². The van der Waals surface area contributed by atoms with Gasteiger partial charge in [0.15, 0.2) is 11.5 Å². The summed E-state index contributed by atoms with van der Waals surface area (Å²) in [7, 11) is 0. The van der Waals surface area contributed by atoms with E-state index >= 15 is 0 Å². The van der Waals surface area contributed by atoms with Gasteiger partial charge in [0.05, 0.1) is 0 Å². The number of hydrogen-bond acceptors (Lipinski definition) is 5. The highest BCUT2D eigenvalue weighted by Gasteiger charge is 2.33. The molecule has 1 unspecified atom stereocenters. The molecule has 2 aromatic rings. The zero-order chi connectivity index (χ0) is 23.2. The van der Waals surface area contributed by atoms with Gasteiger partial charge in [0.1, 0.15) is 6.17 Å². The third-order valence-electron chi connectivity index (χ3n) is 7.45. The lowest BCUT2D eigenvalue weighted by molar-refractivity contribution is 0.137. The minimum absolute atomic E-state index is 0.319. The molecule has 5 rings (SSSR count). The van der Waals surface area contributed by atoms with Crippen LogP contribution in [0.1, 0.15) is 63.0 Å². The van der Waals surface area contributed by atoms with E-state index in [1.165, 1.54) is 61.8 Å². The van der Waals surface area contributed by atoms with E-state index in [0.29, 0.717) is 13.0 Å². The summed E-state index contributed by atoms with van der Waals surface area (Å²) in [6.07, 6.45) is 12.1. The van der Waals surface area contributed by atoms with Crippen molar-refractivity contribution >= 4 is 0 Å². The van der Waals surface area contributed by atoms with Crippen LogP contribution in [-0.4, -0.2) is 35.8 Å². The van der Waals surface area contributed by atoms with Gasteiger partial charge in [-0.25, -0.2) is 0 Å². The van der Waals surface area contributed by atoms with Gasteiger partial charge in [-0.1, -0.05) is 69.0 Å². The molecule has 5 nitrogen and oxygen atoms in total. The predicted octanol–water partition coefficient (Wildman–Crippen LogP) is 5.87. The summed E-state index contributed by atoms with van der Waals surface area (Å²) < 4.78 is 11.2. The lowest BCUT2D eigenvalue weighted by Gasteiger charge is -2.38. The Balaban J connectivity index is 1.33. The molecule has 5 heteroatoms. The maximum atomic E-state index is 5.64. The Labute approximate surface area is 204 Å². The van der Waals surface area contributed by atoms with Gasteiger partial charge in [-0.15, -0.1) is 0 Å². The summed E-state index contributed by atoms with van der Waals surface area (Å²) in [4.78, 5) is 5.25. The normalized spacial score (nSPS) is 20.0. The third-order valence-corrected chi connectivity index (χ3v) is 7.45. The molecule has 0 spiro atoms. The molecule has 1 fully saturated rings. The fourth-order valence-electron chi connectivity index (χ4n) is 5.66. The van der Waals surface area contributed by atoms with Crippen molar-refractivity contribution < 1.29 is 9.47 Å². The number of benzene rings is 2. The molecule has 1 atom stereocenters. The number of nitrogens with zero attached hydrogens (tertiary/aromatic N) is 2. The summed E-state index contributed by atoms with van der Waals surface area (Å²) in [6, 6.07) is 17.2. The Morgan fingerprint density at radius 1 is 0.912 bits per heavy atom. The molecule has 0 radical (unpaired) electrons. The predicted molar refractivity (Wildman–Crippen MR) is 136 cm³/mol. The Morgan fingerprint density at radius 3 is 2.53 bits per heavy atom. The summed E-state index contributed by atoms with van der Waals surface area (Å²) in [5.74, 6) is 2.47. The molecule has 3 aliphatic rings. The van der Waals surface area contributed by atoms with Gasteiger partial charge in [0.2, 0.25) is 6.79 Å². The Kier molecular flexibility index (Phi) is 7.59. The quantitative estimate of drug-likeness (QED) is 0.479. The first-order valence-electron chi connectivity index (χ1n) is 13.2. The van der Waals surface area contributed by atoms with Crippen molar-refractivity contribution in [1.82, 2.24) is 15.1 Å². The van der Waals surface area contributed by atoms with E-state index in [0.717, 1.165) is 43.6 Å². The molecule has 2 aromatic carbocycles. The van der Waals surface area contributed by atoms with Gasteiger partial charge in [-0.2, -0.15) is 0 Å². The fourth-order valence-corrected chi connectivity index (χ4v) is 5.66. The van der Waals surface area contributed by atoms with Crippen LogP contribution in [-0.2, 0) is 13.1 Å². The van der Waals surface area contributed by atoms with E-state index in [1.807, 2.05) is 6.07 Å². The highest BCUT2D eigenvalue weighted by Crippen LogP contribution is 2.34. The summed E-state index contributed by atoms with van der Waals surface area (Å²) >= 11 is 0. The third kappa shape index (κ3) is 5.52. The number of hydrogen-bond donors (Lipinski definition) is 1. The van der Waals surface area contributed by atoms with E-state index < -0.39 is 0 Å². The molecule has 1 aliphatic carbocycles. The Morgan fingerprint density at radius 2 is 1.71 bits per heavy atom. The van der Waals surface area contributed by atoms with Crippen LogP contribution in [0.4, 0.5) is 0 Å². The summed E-state index contributed by atoms with van der Waals surface area (Å²) in [5, 5.41) is 3.80. The second kappa shape index (κ2) is 11.2. The molecule has 0 saturated heterocycles. The van der Waals surface area contributed by atoms with E-state index in [1.54, 1.807) is 0 Å². The highest BCUT2D eigenvalue weighted by molar-refractivity contribution is 5.44. The summed E-state index contributed by atoms with van der Waals surface area (Å²) in [6.45, 7) is 6.48. The molecule has 2 aliphatic heterocycles. The van der Waals surface area contributed by atoms with Crippen molar-refractivity contribution in [3.63, 3.8) is 0 Å². The van der Waals surface area contributed by atoms with Gasteiger partial charge >= 0.3 is 0 Å². The minimum atomic E-state index is 0.319. The van der Waals surface area contributed by atoms with Crippen LogP contribution in [0.25, 0.3) is 0 Å². The lowest BCUT2D eigenvalue weighted by Crippen LogP contribution is -2.45. The number of ether oxygens (including phenoxy) is 2. The number of nitrogens with one attached hydrogen (secondary N) is 1. The monoisotopic (exact) mass is 461 g/mol. The highest BCUT2D eigenvalue weighted by atomic mass is 16.7. The molecular weight excluding hydrogens is 422 g/mol. The number of rotatable bonds is 10. The molecule has 0 bridgehead atoms. The van der Waals surface area contributed by atoms with Crippen molar-refractivity contribution in [2.45, 2.75) is 71.1 Å². The second-order valence-corrected chi connectivity index (χ2v) is 10.0. The van der Waals surface area contributed by atoms with E-state index in [2.05, 4.69) is 70.7 Å². The number of unbranched alkanes of at least 4 members (excludes halogenated alkanes) is 1. The largest absolute Gasteiger partial charge is 0.454 e. The maximum Gasteiger partial charge on any atom is 0.231 e. The van der Waals surface area contributed by atoms with Crippen molar-refractivity contribution in [1.29, 1.82) is 0 Å². The van der Waals surface area contributed by atoms with Crippen molar-refractivity contribution in [2.75, 3.05) is 19.9 Å². The lowest BCUT2D eigenvalue weighted by atomic mass is 9.86. The standard InChI is InChI=1S/C29H39N3O2/c1-2-3-16-32-26(18-30-29(32)25-12-8-5-9-13-25)21-31(19-23-10-6-4-7-11-23)20-24-14-15-27-28(17-24)34-22-33-27/h4,6-7,10-11,14-15,17-18,25,29-30H,2-3,5,8-9,12-13,16,19-22H2,1H3. The fraction of sp³-hybridized carbons (Fsp3) is 0.517. The van der Waals surface area contributed by atoms with E-state index in [9.17, 15) is 0 Å². The molecule has 1 N–H and O–H groups in total. The van der Waals surface area contributed by atoms with Crippen molar-refractivity contribution in [3.05, 3.63) is 71.6 Å². The van der Waals surface area contributed by atoms with Gasteiger partial charge in [-0.05, 0) is 48.4 Å². The van der Waals surface area contributed by atoms with Crippen molar-refractivity contribution in [3.8, 4) is 11.5 Å². The van der Waals surface area contributed by atoms with E-state index in [-0.39, 0.29) is 0 Å². The van der Waals surface area contributed by atoms with Gasteiger partial charge in [0.25, 0.3) is 0 Å². The SMILES string of the molecule is CCCCN1C(CN(Cc2ccccc2)Cc2ccc3c(c2)OCO3)=CNC1C1CCCCC1. The van der Waals surface area contributed by atoms with Crippen LogP contribution < -0.4 is 14.8 Å². The first-order chi connectivity index (χ1) is 16.8. The molecule has 182 valence electrons. The zero-order valence-electron chi connectivity index (χ0n) is 20.5. The molecule has 0 aromatic heterocycles. The Hall–Kier alpha value is -2.66. The molecular formula is C29H39N3O2. The van der Waals surface area contributed by atoms with Crippen LogP contribution in [0.15, 0.2) is 60.4 Å². The molecule has 1 saturated carbocycles. The van der Waals surface area contributed by atoms with Crippen molar-refractivity contribution in [2.24, 2.45) is 5.92 Å². The minimum Gasteiger partial charge on any atom is -0.454 e. The van der Waals surface area contributed by atoms with Gasteiger partial charge < -0.3 is 19.7 Å². The molecule has 0 amide bonds. The number of fused-ring (bicyclic) bond motifs is 1. The van der Waals surface area contributed by atoms with Gasteiger partial charge in [-0.3, -0.25) is 4.90 Å². The zero-order valence-corrected chi connectivity index (χ0v) is 20.5. The van der Waals surface area contributed by atoms with Crippen LogP contribution in [0.2, 0.25) is 0 Å².